The average molecular weight is 408 g/mol. The zero-order valence-electron chi connectivity index (χ0n) is 15.4. The third-order valence-corrected chi connectivity index (χ3v) is 5.16. The minimum Gasteiger partial charge on any atom is -0.334 e. The molecule has 1 atom stereocenters. The molecule has 0 radical (unpaired) electrons. The lowest BCUT2D eigenvalue weighted by Crippen LogP contribution is -2.40. The highest BCUT2D eigenvalue weighted by atomic mass is 35.5. The van der Waals surface area contributed by atoms with Gasteiger partial charge in [0.15, 0.2) is 0 Å². The predicted octanol–water partition coefficient (Wildman–Crippen LogP) is 4.26. The van der Waals surface area contributed by atoms with Gasteiger partial charge in [0.2, 0.25) is 5.91 Å². The molecule has 2 aromatic rings. The van der Waals surface area contributed by atoms with E-state index in [1.165, 1.54) is 0 Å². The molecule has 1 unspecified atom stereocenters. The molecule has 1 aromatic carbocycles. The van der Waals surface area contributed by atoms with Crippen molar-refractivity contribution in [3.8, 4) is 0 Å². The lowest BCUT2D eigenvalue weighted by Gasteiger charge is -2.31. The lowest BCUT2D eigenvalue weighted by molar-refractivity contribution is -0.134. The summed E-state index contributed by atoms with van der Waals surface area (Å²) in [4.78, 5) is 19.5. The van der Waals surface area contributed by atoms with Gasteiger partial charge in [0.25, 0.3) is 0 Å². The van der Waals surface area contributed by atoms with Crippen molar-refractivity contribution in [3.05, 3.63) is 64.9 Å². The standard InChI is InChI=1S/C21H26ClN3O.ClH/c22-18-9-6-17(7-10-18)8-11-21(26)25(16-19-4-1-2-14-24-19)20-5-3-13-23-15-12-20;/h1-2,4,6-7,9-10,14,20,23H,3,5,8,11-13,15-16H2;1H. The molecular formula is C21H27Cl2N3O. The van der Waals surface area contributed by atoms with Crippen LogP contribution in [0.15, 0.2) is 48.7 Å². The Bertz CT molecular complexity index is 686. The number of carbonyl (C=O) groups is 1. The Kier molecular flexibility index (Phi) is 9.05. The number of aromatic nitrogens is 1. The van der Waals surface area contributed by atoms with Gasteiger partial charge >= 0.3 is 0 Å². The molecule has 2 heterocycles. The maximum atomic E-state index is 13.1. The fourth-order valence-electron chi connectivity index (χ4n) is 3.45. The van der Waals surface area contributed by atoms with Crippen molar-refractivity contribution >= 4 is 29.9 Å². The van der Waals surface area contributed by atoms with Crippen LogP contribution in [0.3, 0.4) is 0 Å². The number of aryl methyl sites for hydroxylation is 1. The minimum absolute atomic E-state index is 0. The van der Waals surface area contributed by atoms with Gasteiger partial charge in [-0.3, -0.25) is 9.78 Å². The molecule has 6 heteroatoms. The van der Waals surface area contributed by atoms with Crippen LogP contribution >= 0.6 is 24.0 Å². The Morgan fingerprint density at radius 2 is 1.96 bits per heavy atom. The Morgan fingerprint density at radius 1 is 1.15 bits per heavy atom. The van der Waals surface area contributed by atoms with E-state index in [1.54, 1.807) is 6.20 Å². The first-order valence-electron chi connectivity index (χ1n) is 9.37. The topological polar surface area (TPSA) is 45.2 Å². The Labute approximate surface area is 172 Å². The van der Waals surface area contributed by atoms with Gasteiger partial charge in [-0.05, 0) is 68.6 Å². The second-order valence-corrected chi connectivity index (χ2v) is 7.24. The number of amides is 1. The van der Waals surface area contributed by atoms with Crippen LogP contribution in [0.25, 0.3) is 0 Å². The van der Waals surface area contributed by atoms with Gasteiger partial charge in [-0.15, -0.1) is 12.4 Å². The van der Waals surface area contributed by atoms with Crippen LogP contribution in [0.1, 0.15) is 36.9 Å². The van der Waals surface area contributed by atoms with Crippen molar-refractivity contribution in [2.45, 2.75) is 44.7 Å². The van der Waals surface area contributed by atoms with E-state index in [0.29, 0.717) is 13.0 Å². The number of rotatable bonds is 6. The van der Waals surface area contributed by atoms with E-state index < -0.39 is 0 Å². The van der Waals surface area contributed by atoms with Crippen molar-refractivity contribution < 1.29 is 4.79 Å². The van der Waals surface area contributed by atoms with Gasteiger partial charge in [-0.2, -0.15) is 0 Å². The average Bonchev–Trinajstić information content (AvgIpc) is 2.95. The molecule has 1 saturated heterocycles. The molecule has 4 nitrogen and oxygen atoms in total. The number of nitrogens with one attached hydrogen (secondary N) is 1. The van der Waals surface area contributed by atoms with E-state index in [0.717, 1.165) is 55.1 Å². The quantitative estimate of drug-likeness (QED) is 0.777. The number of nitrogens with zero attached hydrogens (tertiary/aromatic N) is 2. The van der Waals surface area contributed by atoms with E-state index in [4.69, 9.17) is 11.6 Å². The first kappa shape index (κ1) is 21.7. The fourth-order valence-corrected chi connectivity index (χ4v) is 3.57. The van der Waals surface area contributed by atoms with Crippen LogP contribution in [0.5, 0.6) is 0 Å². The van der Waals surface area contributed by atoms with E-state index in [9.17, 15) is 4.79 Å². The first-order chi connectivity index (χ1) is 12.7. The highest BCUT2D eigenvalue weighted by Crippen LogP contribution is 2.19. The summed E-state index contributed by atoms with van der Waals surface area (Å²) < 4.78 is 0. The predicted molar refractivity (Wildman–Crippen MR) is 112 cm³/mol. The molecular weight excluding hydrogens is 381 g/mol. The molecule has 146 valence electrons. The van der Waals surface area contributed by atoms with Crippen LogP contribution in [-0.4, -0.2) is 34.9 Å². The van der Waals surface area contributed by atoms with Crippen LogP contribution < -0.4 is 5.32 Å². The number of carbonyl (C=O) groups excluding carboxylic acids is 1. The van der Waals surface area contributed by atoms with Crippen molar-refractivity contribution in [1.82, 2.24) is 15.2 Å². The van der Waals surface area contributed by atoms with Crippen molar-refractivity contribution in [2.24, 2.45) is 0 Å². The third-order valence-electron chi connectivity index (χ3n) is 4.91. The molecule has 0 spiro atoms. The van der Waals surface area contributed by atoms with Crippen molar-refractivity contribution in [1.29, 1.82) is 0 Å². The van der Waals surface area contributed by atoms with Crippen LogP contribution in [0, 0.1) is 0 Å². The summed E-state index contributed by atoms with van der Waals surface area (Å²) in [6.07, 6.45) is 6.19. The summed E-state index contributed by atoms with van der Waals surface area (Å²) in [5.74, 6) is 0.206. The smallest absolute Gasteiger partial charge is 0.223 e. The molecule has 1 aliphatic rings. The Morgan fingerprint density at radius 3 is 2.70 bits per heavy atom. The fraction of sp³-hybridized carbons (Fsp3) is 0.429. The molecule has 1 aliphatic heterocycles. The summed E-state index contributed by atoms with van der Waals surface area (Å²) in [6.45, 7) is 2.59. The number of pyridine rings is 1. The summed E-state index contributed by atoms with van der Waals surface area (Å²) >= 11 is 5.94. The molecule has 0 aliphatic carbocycles. The zero-order chi connectivity index (χ0) is 18.2. The zero-order valence-corrected chi connectivity index (χ0v) is 17.0. The molecule has 27 heavy (non-hydrogen) atoms. The maximum Gasteiger partial charge on any atom is 0.223 e. The Hall–Kier alpha value is -1.62. The van der Waals surface area contributed by atoms with E-state index in [2.05, 4.69) is 10.3 Å². The van der Waals surface area contributed by atoms with Gasteiger partial charge in [-0.1, -0.05) is 29.8 Å². The van der Waals surface area contributed by atoms with Gasteiger partial charge in [0.1, 0.15) is 0 Å². The largest absolute Gasteiger partial charge is 0.334 e. The summed E-state index contributed by atoms with van der Waals surface area (Å²) in [5, 5.41) is 4.16. The second kappa shape index (κ2) is 11.3. The highest BCUT2D eigenvalue weighted by Gasteiger charge is 2.24. The van der Waals surface area contributed by atoms with Crippen LogP contribution in [0.4, 0.5) is 0 Å². The number of halogens is 2. The lowest BCUT2D eigenvalue weighted by atomic mass is 10.0. The summed E-state index contributed by atoms with van der Waals surface area (Å²) in [6, 6.07) is 13.9. The van der Waals surface area contributed by atoms with Gasteiger partial charge in [0.05, 0.1) is 12.2 Å². The SMILES string of the molecule is Cl.O=C(CCc1ccc(Cl)cc1)N(Cc1ccccn1)C1CCCNCC1. The minimum atomic E-state index is 0. The van der Waals surface area contributed by atoms with Crippen molar-refractivity contribution in [2.75, 3.05) is 13.1 Å². The normalized spacial score (nSPS) is 16.9. The second-order valence-electron chi connectivity index (χ2n) is 6.80. The van der Waals surface area contributed by atoms with Crippen LogP contribution in [-0.2, 0) is 17.8 Å². The molecule has 3 rings (SSSR count). The van der Waals surface area contributed by atoms with Crippen LogP contribution in [0.2, 0.25) is 5.02 Å². The molecule has 1 fully saturated rings. The van der Waals surface area contributed by atoms with Gasteiger partial charge in [-0.25, -0.2) is 0 Å². The Balaban J connectivity index is 0.00000261. The number of hydrogen-bond donors (Lipinski definition) is 1. The third kappa shape index (κ3) is 6.80. The van der Waals surface area contributed by atoms with Gasteiger partial charge in [0, 0.05) is 23.7 Å². The van der Waals surface area contributed by atoms with E-state index >= 15 is 0 Å². The number of benzene rings is 1. The van der Waals surface area contributed by atoms with E-state index in [1.807, 2.05) is 47.4 Å². The molecule has 0 bridgehead atoms. The van der Waals surface area contributed by atoms with Gasteiger partial charge < -0.3 is 10.2 Å². The monoisotopic (exact) mass is 407 g/mol. The highest BCUT2D eigenvalue weighted by molar-refractivity contribution is 6.30. The van der Waals surface area contributed by atoms with Crippen molar-refractivity contribution in [3.63, 3.8) is 0 Å². The molecule has 1 N–H and O–H groups in total. The molecule has 1 amide bonds. The molecule has 1 aromatic heterocycles. The summed E-state index contributed by atoms with van der Waals surface area (Å²) in [5.41, 5.74) is 2.09. The molecule has 0 saturated carbocycles. The number of hydrogen-bond acceptors (Lipinski definition) is 3. The summed E-state index contributed by atoms with van der Waals surface area (Å²) in [7, 11) is 0. The maximum absolute atomic E-state index is 13.1. The first-order valence-corrected chi connectivity index (χ1v) is 9.75. The van der Waals surface area contributed by atoms with E-state index in [-0.39, 0.29) is 24.4 Å².